The second-order valence-electron chi connectivity index (χ2n) is 3.16. The summed E-state index contributed by atoms with van der Waals surface area (Å²) in [5.74, 6) is -0.755. The van der Waals surface area contributed by atoms with Crippen LogP contribution in [0, 0.1) is 10.7 Å². The summed E-state index contributed by atoms with van der Waals surface area (Å²) in [6.45, 7) is 4.54. The van der Waals surface area contributed by atoms with Crippen molar-refractivity contribution in [2.75, 3.05) is 0 Å². The van der Waals surface area contributed by atoms with E-state index < -0.39 is 5.97 Å². The number of aromatic carboxylic acids is 1. The molecule has 0 unspecified atom stereocenters. The first kappa shape index (κ1) is 9.91. The van der Waals surface area contributed by atoms with Crippen molar-refractivity contribution in [3.8, 4) is 0 Å². The summed E-state index contributed by atoms with van der Waals surface area (Å²) in [4.78, 5) is 10.7. The molecule has 0 aliphatic rings. The smallest absolute Gasteiger partial charge is 0.374 e. The van der Waals surface area contributed by atoms with E-state index in [9.17, 15) is 4.79 Å². The Morgan fingerprint density at radius 3 is 2.85 bits per heavy atom. The molecular formula is C7H11N3O2S. The number of hydrogen-bond donors (Lipinski definition) is 2. The minimum absolute atomic E-state index is 0.0290. The van der Waals surface area contributed by atoms with Crippen LogP contribution in [0.25, 0.3) is 0 Å². The normalized spacial score (nSPS) is 10.7. The van der Waals surface area contributed by atoms with E-state index in [2.05, 4.69) is 10.2 Å². The van der Waals surface area contributed by atoms with Gasteiger partial charge in [-0.2, -0.15) is 0 Å². The van der Waals surface area contributed by atoms with E-state index in [4.69, 9.17) is 17.3 Å². The first-order valence-electron chi connectivity index (χ1n) is 3.91. The third-order valence-corrected chi connectivity index (χ3v) is 1.81. The zero-order chi connectivity index (χ0) is 10.0. The molecule has 72 valence electrons. The van der Waals surface area contributed by atoms with E-state index in [0.29, 0.717) is 17.2 Å². The average molecular weight is 201 g/mol. The van der Waals surface area contributed by atoms with Gasteiger partial charge in [0.05, 0.1) is 0 Å². The Morgan fingerprint density at radius 1 is 1.77 bits per heavy atom. The lowest BCUT2D eigenvalue weighted by atomic mass is 10.2. The van der Waals surface area contributed by atoms with E-state index in [1.165, 1.54) is 4.57 Å². The molecule has 5 nitrogen and oxygen atoms in total. The van der Waals surface area contributed by atoms with Gasteiger partial charge in [0, 0.05) is 6.54 Å². The van der Waals surface area contributed by atoms with Crippen molar-refractivity contribution >= 4 is 18.2 Å². The number of carboxylic acid groups (broad SMARTS) is 1. The summed E-state index contributed by atoms with van der Waals surface area (Å²) in [7, 11) is 0. The maximum atomic E-state index is 10.7. The molecule has 0 radical (unpaired) electrons. The second kappa shape index (κ2) is 3.69. The topological polar surface area (TPSA) is 70.9 Å². The molecule has 0 aliphatic heterocycles. The Hall–Kier alpha value is -1.17. The third kappa shape index (κ3) is 2.15. The molecule has 0 bridgehead atoms. The maximum absolute atomic E-state index is 10.7. The first-order chi connectivity index (χ1) is 6.02. The van der Waals surface area contributed by atoms with Gasteiger partial charge in [0.2, 0.25) is 5.82 Å². The highest BCUT2D eigenvalue weighted by molar-refractivity contribution is 7.71. The van der Waals surface area contributed by atoms with Crippen LogP contribution < -0.4 is 0 Å². The molecule has 2 N–H and O–H groups in total. The van der Waals surface area contributed by atoms with Gasteiger partial charge in [0.15, 0.2) is 4.77 Å². The molecule has 0 saturated heterocycles. The molecule has 0 spiro atoms. The van der Waals surface area contributed by atoms with Gasteiger partial charge in [-0.15, -0.1) is 5.10 Å². The Kier molecular flexibility index (Phi) is 2.82. The van der Waals surface area contributed by atoms with E-state index in [0.717, 1.165) is 0 Å². The average Bonchev–Trinajstić information content (AvgIpc) is 2.32. The summed E-state index contributed by atoms with van der Waals surface area (Å²) in [6.07, 6.45) is 0. The van der Waals surface area contributed by atoms with Crippen LogP contribution in [0.1, 0.15) is 24.5 Å². The Bertz CT molecular complexity index is 366. The van der Waals surface area contributed by atoms with Gasteiger partial charge in [-0.1, -0.05) is 13.8 Å². The van der Waals surface area contributed by atoms with E-state index in [1.54, 1.807) is 0 Å². The lowest BCUT2D eigenvalue weighted by molar-refractivity contribution is 0.0676. The van der Waals surface area contributed by atoms with Crippen LogP contribution in [-0.4, -0.2) is 25.8 Å². The van der Waals surface area contributed by atoms with Crippen molar-refractivity contribution in [2.45, 2.75) is 20.4 Å². The number of aromatic amines is 1. The van der Waals surface area contributed by atoms with Gasteiger partial charge in [0.25, 0.3) is 0 Å². The number of H-pyrrole nitrogens is 1. The molecule has 0 atom stereocenters. The highest BCUT2D eigenvalue weighted by Crippen LogP contribution is 2.03. The molecule has 0 aromatic carbocycles. The van der Waals surface area contributed by atoms with Crippen LogP contribution in [0.15, 0.2) is 0 Å². The van der Waals surface area contributed by atoms with Crippen molar-refractivity contribution in [2.24, 2.45) is 5.92 Å². The summed E-state index contributed by atoms with van der Waals surface area (Å²) in [6, 6.07) is 0. The van der Waals surface area contributed by atoms with Crippen molar-refractivity contribution in [1.82, 2.24) is 14.8 Å². The van der Waals surface area contributed by atoms with E-state index in [1.807, 2.05) is 13.8 Å². The number of aromatic nitrogens is 3. The van der Waals surface area contributed by atoms with Crippen LogP contribution in [-0.2, 0) is 6.54 Å². The van der Waals surface area contributed by atoms with E-state index >= 15 is 0 Å². The van der Waals surface area contributed by atoms with Crippen LogP contribution >= 0.6 is 12.2 Å². The minimum Gasteiger partial charge on any atom is -0.475 e. The van der Waals surface area contributed by atoms with Gasteiger partial charge in [0.1, 0.15) is 0 Å². The van der Waals surface area contributed by atoms with Crippen molar-refractivity contribution in [3.63, 3.8) is 0 Å². The fourth-order valence-corrected chi connectivity index (χ4v) is 1.22. The zero-order valence-electron chi connectivity index (χ0n) is 7.44. The summed E-state index contributed by atoms with van der Waals surface area (Å²) in [5, 5.41) is 14.8. The van der Waals surface area contributed by atoms with E-state index in [-0.39, 0.29) is 5.82 Å². The molecule has 1 aromatic heterocycles. The lowest BCUT2D eigenvalue weighted by Crippen LogP contribution is -2.13. The quantitative estimate of drug-likeness (QED) is 0.723. The third-order valence-electron chi connectivity index (χ3n) is 1.50. The molecule has 13 heavy (non-hydrogen) atoms. The largest absolute Gasteiger partial charge is 0.475 e. The van der Waals surface area contributed by atoms with Gasteiger partial charge in [-0.25, -0.2) is 4.79 Å². The fraction of sp³-hybridized carbons (Fsp3) is 0.571. The fourth-order valence-electron chi connectivity index (χ4n) is 1.02. The van der Waals surface area contributed by atoms with Gasteiger partial charge >= 0.3 is 5.97 Å². The van der Waals surface area contributed by atoms with Crippen molar-refractivity contribution < 1.29 is 9.90 Å². The Morgan fingerprint density at radius 2 is 2.38 bits per heavy atom. The van der Waals surface area contributed by atoms with Crippen LogP contribution in [0.4, 0.5) is 0 Å². The first-order valence-corrected chi connectivity index (χ1v) is 4.31. The molecular weight excluding hydrogens is 190 g/mol. The molecule has 0 fully saturated rings. The van der Waals surface area contributed by atoms with Crippen LogP contribution in [0.2, 0.25) is 0 Å². The Labute approximate surface area is 80.4 Å². The van der Waals surface area contributed by atoms with Crippen molar-refractivity contribution in [3.05, 3.63) is 10.6 Å². The summed E-state index contributed by atoms with van der Waals surface area (Å²) < 4.78 is 1.84. The maximum Gasteiger partial charge on any atom is 0.374 e. The highest BCUT2D eigenvalue weighted by atomic mass is 32.1. The number of carboxylic acids is 1. The summed E-state index contributed by atoms with van der Waals surface area (Å²) >= 11 is 4.89. The second-order valence-corrected chi connectivity index (χ2v) is 3.55. The van der Waals surface area contributed by atoms with Crippen molar-refractivity contribution in [1.29, 1.82) is 0 Å². The monoisotopic (exact) mass is 201 g/mol. The molecule has 0 aliphatic carbocycles. The summed E-state index contributed by atoms with van der Waals surface area (Å²) in [5.41, 5.74) is 0. The molecule has 1 aromatic rings. The zero-order valence-corrected chi connectivity index (χ0v) is 8.26. The molecule has 0 saturated carbocycles. The molecule has 6 heteroatoms. The minimum atomic E-state index is -1.06. The van der Waals surface area contributed by atoms with Gasteiger partial charge in [-0.05, 0) is 18.1 Å². The number of rotatable bonds is 3. The predicted molar refractivity (Wildman–Crippen MR) is 49.2 cm³/mol. The molecule has 1 heterocycles. The Balaban J connectivity index is 3.09. The van der Waals surface area contributed by atoms with Gasteiger partial charge < -0.3 is 5.11 Å². The SMILES string of the molecule is CC(C)Cn1c(C(=O)O)n[nH]c1=S. The van der Waals surface area contributed by atoms with Crippen LogP contribution in [0.3, 0.4) is 0 Å². The number of carbonyl (C=O) groups is 1. The molecule has 1 rings (SSSR count). The standard InChI is InChI=1S/C7H11N3O2S/c1-4(2)3-10-5(6(11)12)8-9-7(10)13/h4H,3H2,1-2H3,(H,9,13)(H,11,12). The number of nitrogens with zero attached hydrogens (tertiary/aromatic N) is 2. The highest BCUT2D eigenvalue weighted by Gasteiger charge is 2.13. The van der Waals surface area contributed by atoms with Crippen LogP contribution in [0.5, 0.6) is 0 Å². The number of hydrogen-bond acceptors (Lipinski definition) is 3. The number of nitrogens with one attached hydrogen (secondary N) is 1. The van der Waals surface area contributed by atoms with Gasteiger partial charge in [-0.3, -0.25) is 9.67 Å². The lowest BCUT2D eigenvalue weighted by Gasteiger charge is -2.06. The molecule has 0 amide bonds. The predicted octanol–water partition coefficient (Wildman–Crippen LogP) is 1.29.